The molecule has 0 spiro atoms. The molecule has 0 aromatic carbocycles. The fourth-order valence-electron chi connectivity index (χ4n) is 3.51. The molecular weight excluding hydrogens is 314 g/mol. The van der Waals surface area contributed by atoms with Gasteiger partial charge in [0.15, 0.2) is 0 Å². The lowest BCUT2D eigenvalue weighted by atomic mass is 10.1. The zero-order valence-electron chi connectivity index (χ0n) is 15.6. The van der Waals surface area contributed by atoms with E-state index in [0.717, 1.165) is 51.2 Å². The molecule has 25 heavy (non-hydrogen) atoms. The normalized spacial score (nSPS) is 22.7. The molecule has 1 saturated carbocycles. The van der Waals surface area contributed by atoms with Gasteiger partial charge >= 0.3 is 0 Å². The van der Waals surface area contributed by atoms with Crippen LogP contribution in [0.4, 0.5) is 0 Å². The molecule has 2 fully saturated rings. The summed E-state index contributed by atoms with van der Waals surface area (Å²) in [5, 5.41) is 0. The maximum absolute atomic E-state index is 12.6. The molecule has 5 nitrogen and oxygen atoms in total. The average molecular weight is 345 g/mol. The Morgan fingerprint density at radius 1 is 1.32 bits per heavy atom. The molecule has 1 saturated heterocycles. The largest absolute Gasteiger partial charge is 0.368 e. The minimum absolute atomic E-state index is 0.161. The van der Waals surface area contributed by atoms with Crippen LogP contribution in [-0.4, -0.2) is 59.6 Å². The SMILES string of the molecule is C[C@@H](OCC1CC1)C(=O)N1CCC[C@H](N(C)Cc2ccccn2)CC1. The minimum Gasteiger partial charge on any atom is -0.368 e. The second kappa shape index (κ2) is 8.77. The summed E-state index contributed by atoms with van der Waals surface area (Å²) in [6, 6.07) is 6.56. The first-order chi connectivity index (χ1) is 12.1. The Morgan fingerprint density at radius 3 is 2.88 bits per heavy atom. The number of rotatable bonds is 7. The first-order valence-corrected chi connectivity index (χ1v) is 9.64. The Labute approximate surface area is 151 Å². The van der Waals surface area contributed by atoms with Gasteiger partial charge in [0.2, 0.25) is 0 Å². The molecule has 0 bridgehead atoms. The summed E-state index contributed by atoms with van der Waals surface area (Å²) >= 11 is 0. The summed E-state index contributed by atoms with van der Waals surface area (Å²) in [6.07, 6.45) is 7.26. The van der Waals surface area contributed by atoms with Gasteiger partial charge in [0.25, 0.3) is 5.91 Å². The van der Waals surface area contributed by atoms with Gasteiger partial charge in [-0.15, -0.1) is 0 Å². The van der Waals surface area contributed by atoms with Gasteiger partial charge in [-0.05, 0) is 64.1 Å². The zero-order chi connectivity index (χ0) is 17.6. The highest BCUT2D eigenvalue weighted by atomic mass is 16.5. The molecule has 1 aliphatic heterocycles. The number of hydrogen-bond acceptors (Lipinski definition) is 4. The summed E-state index contributed by atoms with van der Waals surface area (Å²) in [4.78, 5) is 21.4. The van der Waals surface area contributed by atoms with Crippen LogP contribution in [0.2, 0.25) is 0 Å². The zero-order valence-corrected chi connectivity index (χ0v) is 15.6. The standard InChI is InChI=1S/C20H31N3O2/c1-16(25-15-17-8-9-17)20(24)23-12-5-7-19(10-13-23)22(2)14-18-6-3-4-11-21-18/h3-4,6,11,16-17,19H,5,7-10,12-15H2,1-2H3/t16-,19+/m1/s1. The third-order valence-corrected chi connectivity index (χ3v) is 5.40. The van der Waals surface area contributed by atoms with E-state index in [1.165, 1.54) is 12.8 Å². The maximum Gasteiger partial charge on any atom is 0.251 e. The Kier molecular flexibility index (Phi) is 6.43. The summed E-state index contributed by atoms with van der Waals surface area (Å²) in [6.45, 7) is 5.19. The molecule has 0 unspecified atom stereocenters. The molecule has 1 amide bonds. The number of aromatic nitrogens is 1. The summed E-state index contributed by atoms with van der Waals surface area (Å²) in [5.41, 5.74) is 1.10. The van der Waals surface area contributed by atoms with Crippen LogP contribution < -0.4 is 0 Å². The van der Waals surface area contributed by atoms with Crippen molar-refractivity contribution >= 4 is 5.91 Å². The summed E-state index contributed by atoms with van der Waals surface area (Å²) < 4.78 is 5.77. The fourth-order valence-corrected chi connectivity index (χ4v) is 3.51. The van der Waals surface area contributed by atoms with Crippen LogP contribution in [0.25, 0.3) is 0 Å². The summed E-state index contributed by atoms with van der Waals surface area (Å²) in [7, 11) is 2.16. The van der Waals surface area contributed by atoms with E-state index in [2.05, 4.69) is 23.0 Å². The lowest BCUT2D eigenvalue weighted by molar-refractivity contribution is -0.142. The van der Waals surface area contributed by atoms with Crippen molar-refractivity contribution in [3.63, 3.8) is 0 Å². The van der Waals surface area contributed by atoms with Gasteiger partial charge in [-0.1, -0.05) is 6.07 Å². The smallest absolute Gasteiger partial charge is 0.251 e. The van der Waals surface area contributed by atoms with E-state index in [4.69, 9.17) is 4.74 Å². The molecule has 1 aromatic rings. The number of carbonyl (C=O) groups is 1. The average Bonchev–Trinajstić information content (AvgIpc) is 3.46. The highest BCUT2D eigenvalue weighted by Crippen LogP contribution is 2.29. The number of hydrogen-bond donors (Lipinski definition) is 0. The van der Waals surface area contributed by atoms with Gasteiger partial charge in [0.1, 0.15) is 6.10 Å². The summed E-state index contributed by atoms with van der Waals surface area (Å²) in [5.74, 6) is 0.859. The van der Waals surface area contributed by atoms with Crippen LogP contribution in [0.15, 0.2) is 24.4 Å². The topological polar surface area (TPSA) is 45.7 Å². The van der Waals surface area contributed by atoms with Crippen LogP contribution in [0, 0.1) is 5.92 Å². The molecule has 5 heteroatoms. The maximum atomic E-state index is 12.6. The van der Waals surface area contributed by atoms with Crippen LogP contribution in [-0.2, 0) is 16.1 Å². The second-order valence-corrected chi connectivity index (χ2v) is 7.57. The molecule has 3 rings (SSSR count). The molecule has 0 N–H and O–H groups in total. The predicted molar refractivity (Wildman–Crippen MR) is 98.1 cm³/mol. The van der Waals surface area contributed by atoms with Gasteiger partial charge < -0.3 is 9.64 Å². The Morgan fingerprint density at radius 2 is 2.16 bits per heavy atom. The van der Waals surface area contributed by atoms with Crippen molar-refractivity contribution in [2.45, 2.75) is 57.7 Å². The van der Waals surface area contributed by atoms with E-state index >= 15 is 0 Å². The van der Waals surface area contributed by atoms with Crippen molar-refractivity contribution in [2.75, 3.05) is 26.7 Å². The van der Waals surface area contributed by atoms with Gasteiger partial charge in [-0.3, -0.25) is 14.7 Å². The first kappa shape index (κ1) is 18.3. The minimum atomic E-state index is -0.302. The lowest BCUT2D eigenvalue weighted by Crippen LogP contribution is -2.40. The Hall–Kier alpha value is -1.46. The number of likely N-dealkylation sites (tertiary alicyclic amines) is 1. The predicted octanol–water partition coefficient (Wildman–Crippen LogP) is 2.71. The van der Waals surface area contributed by atoms with Crippen molar-refractivity contribution in [3.8, 4) is 0 Å². The Bertz CT molecular complexity index is 547. The monoisotopic (exact) mass is 345 g/mol. The number of nitrogens with zero attached hydrogens (tertiary/aromatic N) is 3. The highest BCUT2D eigenvalue weighted by molar-refractivity contribution is 5.80. The molecule has 2 heterocycles. The highest BCUT2D eigenvalue weighted by Gasteiger charge is 2.28. The number of carbonyl (C=O) groups excluding carboxylic acids is 1. The van der Waals surface area contributed by atoms with Gasteiger partial charge in [-0.2, -0.15) is 0 Å². The van der Waals surface area contributed by atoms with E-state index in [9.17, 15) is 4.79 Å². The van der Waals surface area contributed by atoms with E-state index < -0.39 is 0 Å². The molecule has 1 aliphatic carbocycles. The molecule has 1 aromatic heterocycles. The second-order valence-electron chi connectivity index (χ2n) is 7.57. The van der Waals surface area contributed by atoms with Crippen LogP contribution in [0.1, 0.15) is 44.7 Å². The molecule has 2 aliphatic rings. The number of amides is 1. The third kappa shape index (κ3) is 5.51. The Balaban J connectivity index is 1.46. The van der Waals surface area contributed by atoms with Crippen molar-refractivity contribution < 1.29 is 9.53 Å². The van der Waals surface area contributed by atoms with Crippen molar-refractivity contribution in [1.82, 2.24) is 14.8 Å². The van der Waals surface area contributed by atoms with Crippen molar-refractivity contribution in [2.24, 2.45) is 5.92 Å². The lowest BCUT2D eigenvalue weighted by Gasteiger charge is -2.27. The number of pyridine rings is 1. The van der Waals surface area contributed by atoms with Gasteiger partial charge in [-0.25, -0.2) is 0 Å². The van der Waals surface area contributed by atoms with Crippen LogP contribution >= 0.6 is 0 Å². The molecule has 138 valence electrons. The molecular formula is C20H31N3O2. The van der Waals surface area contributed by atoms with Gasteiger partial charge in [0, 0.05) is 31.9 Å². The van der Waals surface area contributed by atoms with Crippen molar-refractivity contribution in [1.29, 1.82) is 0 Å². The van der Waals surface area contributed by atoms with Crippen molar-refractivity contribution in [3.05, 3.63) is 30.1 Å². The third-order valence-electron chi connectivity index (χ3n) is 5.40. The van der Waals surface area contributed by atoms with Crippen LogP contribution in [0.3, 0.4) is 0 Å². The van der Waals surface area contributed by atoms with Crippen LogP contribution in [0.5, 0.6) is 0 Å². The van der Waals surface area contributed by atoms with Gasteiger partial charge in [0.05, 0.1) is 12.3 Å². The first-order valence-electron chi connectivity index (χ1n) is 9.64. The van der Waals surface area contributed by atoms with E-state index in [1.807, 2.05) is 30.2 Å². The van der Waals surface area contributed by atoms with E-state index in [1.54, 1.807) is 0 Å². The fraction of sp³-hybridized carbons (Fsp3) is 0.700. The molecule has 2 atom stereocenters. The quantitative estimate of drug-likeness (QED) is 0.762. The van der Waals surface area contributed by atoms with E-state index in [0.29, 0.717) is 12.0 Å². The number of ether oxygens (including phenoxy) is 1. The van der Waals surface area contributed by atoms with E-state index in [-0.39, 0.29) is 12.0 Å². The molecule has 0 radical (unpaired) electrons.